The lowest BCUT2D eigenvalue weighted by atomic mass is 10.1. The van der Waals surface area contributed by atoms with Crippen molar-refractivity contribution in [1.82, 2.24) is 0 Å². The Morgan fingerprint density at radius 3 is 1.76 bits per heavy atom. The summed E-state index contributed by atoms with van der Waals surface area (Å²) in [4.78, 5) is 10.8. The molecule has 0 amide bonds. The number of carbonyl (C=O) groups is 1. The summed E-state index contributed by atoms with van der Waals surface area (Å²) in [7, 11) is 0. The zero-order valence-corrected chi connectivity index (χ0v) is 9.15. The number of esters is 1. The van der Waals surface area contributed by atoms with Crippen LogP contribution in [-0.2, 0) is 9.53 Å². The molecule has 0 aromatic rings. The maximum absolute atomic E-state index is 12.0. The van der Waals surface area contributed by atoms with Crippen LogP contribution in [0.1, 0.15) is 26.7 Å². The van der Waals surface area contributed by atoms with Crippen molar-refractivity contribution in [2.75, 3.05) is 0 Å². The molecular weight excluding hydrogens is 254 g/mol. The van der Waals surface area contributed by atoms with E-state index >= 15 is 0 Å². The Morgan fingerprint density at radius 1 is 1.06 bits per heavy atom. The van der Waals surface area contributed by atoms with Gasteiger partial charge in [0.1, 0.15) is 0 Å². The molecule has 0 aliphatic carbocycles. The molecule has 0 radical (unpaired) electrons. The number of hydrogen-bond acceptors (Lipinski definition) is 2. The van der Waals surface area contributed by atoms with Crippen molar-refractivity contribution >= 4 is 5.97 Å². The average molecular weight is 266 g/mol. The van der Waals surface area contributed by atoms with Gasteiger partial charge in [0, 0.05) is 6.42 Å². The highest BCUT2D eigenvalue weighted by molar-refractivity contribution is 5.69. The quantitative estimate of drug-likeness (QED) is 0.575. The maximum atomic E-state index is 12.0. The van der Waals surface area contributed by atoms with Crippen molar-refractivity contribution in [3.05, 3.63) is 0 Å². The summed E-state index contributed by atoms with van der Waals surface area (Å²) in [6, 6.07) is 0. The van der Waals surface area contributed by atoms with Crippen molar-refractivity contribution in [2.45, 2.75) is 45.1 Å². The summed E-state index contributed by atoms with van der Waals surface area (Å²) in [6.07, 6.45) is -15.6. The van der Waals surface area contributed by atoms with Crippen LogP contribution in [0.15, 0.2) is 0 Å². The van der Waals surface area contributed by atoms with Gasteiger partial charge in [0.25, 0.3) is 6.10 Å². The van der Waals surface area contributed by atoms with E-state index in [1.807, 2.05) is 0 Å². The molecule has 0 saturated heterocycles. The number of rotatable bonds is 4. The third-order valence-corrected chi connectivity index (χ3v) is 1.77. The van der Waals surface area contributed by atoms with Crippen LogP contribution in [0.25, 0.3) is 0 Å². The monoisotopic (exact) mass is 266 g/mol. The van der Waals surface area contributed by atoms with Crippen LogP contribution in [0.4, 0.5) is 26.3 Å². The molecule has 102 valence electrons. The normalized spacial score (nSPS) is 13.3. The van der Waals surface area contributed by atoms with E-state index in [0.717, 1.165) is 0 Å². The Bertz CT molecular complexity index is 241. The van der Waals surface area contributed by atoms with Crippen molar-refractivity contribution in [2.24, 2.45) is 5.92 Å². The molecule has 0 aromatic carbocycles. The zero-order chi connectivity index (χ0) is 13.9. The predicted molar refractivity (Wildman–Crippen MR) is 46.1 cm³/mol. The van der Waals surface area contributed by atoms with Gasteiger partial charge in [-0.25, -0.2) is 0 Å². The first-order valence-electron chi connectivity index (χ1n) is 4.77. The Balaban J connectivity index is 4.52. The first kappa shape index (κ1) is 16.1. The molecule has 0 aromatic heterocycles. The maximum Gasteiger partial charge on any atom is 0.434 e. The van der Waals surface area contributed by atoms with Gasteiger partial charge in [-0.2, -0.15) is 26.3 Å². The Kier molecular flexibility index (Phi) is 5.28. The largest absolute Gasteiger partial charge is 0.443 e. The van der Waals surface area contributed by atoms with Crippen LogP contribution in [0.3, 0.4) is 0 Å². The third-order valence-electron chi connectivity index (χ3n) is 1.77. The summed E-state index contributed by atoms with van der Waals surface area (Å²) in [5.41, 5.74) is 0. The molecule has 8 heteroatoms. The molecular formula is C9H12F6O2. The van der Waals surface area contributed by atoms with Gasteiger partial charge in [0.15, 0.2) is 0 Å². The molecule has 0 atom stereocenters. The second kappa shape index (κ2) is 5.59. The van der Waals surface area contributed by atoms with Gasteiger partial charge in [0.05, 0.1) is 0 Å². The molecule has 0 saturated carbocycles. The number of hydrogen-bond donors (Lipinski definition) is 0. The molecule has 0 rings (SSSR count). The van der Waals surface area contributed by atoms with Crippen molar-refractivity contribution in [1.29, 1.82) is 0 Å². The molecule has 2 nitrogen and oxygen atoms in total. The lowest BCUT2D eigenvalue weighted by Gasteiger charge is -2.22. The van der Waals surface area contributed by atoms with Gasteiger partial charge in [-0.3, -0.25) is 4.79 Å². The number of carbonyl (C=O) groups excluding carboxylic acids is 1. The standard InChI is InChI=1S/C9H12F6O2/c1-5(2)3-4-6(16)17-7(8(10,11)12)9(13,14)15/h5,7H,3-4H2,1-2H3. The minimum atomic E-state index is -5.65. The second-order valence-corrected chi connectivity index (χ2v) is 3.89. The summed E-state index contributed by atoms with van der Waals surface area (Å²) in [5, 5.41) is 0. The fourth-order valence-corrected chi connectivity index (χ4v) is 0.916. The van der Waals surface area contributed by atoms with Gasteiger partial charge >= 0.3 is 18.3 Å². The van der Waals surface area contributed by atoms with Gasteiger partial charge in [-0.05, 0) is 12.3 Å². The van der Waals surface area contributed by atoms with E-state index in [0.29, 0.717) is 0 Å². The van der Waals surface area contributed by atoms with E-state index in [2.05, 4.69) is 4.74 Å². The SMILES string of the molecule is CC(C)CCC(=O)OC(C(F)(F)F)C(F)(F)F. The van der Waals surface area contributed by atoms with Crippen molar-refractivity contribution in [3.8, 4) is 0 Å². The highest BCUT2D eigenvalue weighted by Gasteiger charge is 2.59. The molecule has 0 spiro atoms. The van der Waals surface area contributed by atoms with Gasteiger partial charge in [-0.15, -0.1) is 0 Å². The van der Waals surface area contributed by atoms with Crippen LogP contribution in [0, 0.1) is 5.92 Å². The van der Waals surface area contributed by atoms with Crippen LogP contribution >= 0.6 is 0 Å². The fourth-order valence-electron chi connectivity index (χ4n) is 0.916. The lowest BCUT2D eigenvalue weighted by molar-refractivity contribution is -0.313. The predicted octanol–water partition coefficient (Wildman–Crippen LogP) is 3.46. The second-order valence-electron chi connectivity index (χ2n) is 3.89. The number of halogens is 6. The molecule has 0 N–H and O–H groups in total. The average Bonchev–Trinajstić information content (AvgIpc) is 2.07. The van der Waals surface area contributed by atoms with E-state index in [9.17, 15) is 31.1 Å². The molecule has 0 unspecified atom stereocenters. The number of alkyl halides is 6. The molecule has 0 aliphatic rings. The summed E-state index contributed by atoms with van der Waals surface area (Å²) < 4.78 is 75.3. The molecule has 0 bridgehead atoms. The van der Waals surface area contributed by atoms with Gasteiger partial charge in [0.2, 0.25) is 0 Å². The summed E-state index contributed by atoms with van der Waals surface area (Å²) in [5.74, 6) is -1.52. The zero-order valence-electron chi connectivity index (χ0n) is 9.15. The van der Waals surface area contributed by atoms with Crippen molar-refractivity contribution < 1.29 is 35.9 Å². The summed E-state index contributed by atoms with van der Waals surface area (Å²) >= 11 is 0. The lowest BCUT2D eigenvalue weighted by Crippen LogP contribution is -2.45. The first-order chi connectivity index (χ1) is 7.44. The topological polar surface area (TPSA) is 26.3 Å². The number of ether oxygens (including phenoxy) is 1. The molecule has 0 heterocycles. The van der Waals surface area contributed by atoms with E-state index < -0.39 is 30.8 Å². The van der Waals surface area contributed by atoms with Gasteiger partial charge in [-0.1, -0.05) is 13.8 Å². The molecule has 17 heavy (non-hydrogen) atoms. The Labute approximate surface area is 93.9 Å². The van der Waals surface area contributed by atoms with Crippen LogP contribution in [-0.4, -0.2) is 24.4 Å². The smallest absolute Gasteiger partial charge is 0.434 e. The highest BCUT2D eigenvalue weighted by atomic mass is 19.4. The minimum Gasteiger partial charge on any atom is -0.443 e. The Hall–Kier alpha value is -0.950. The summed E-state index contributed by atoms with van der Waals surface area (Å²) in [6.45, 7) is 3.36. The van der Waals surface area contributed by atoms with Crippen LogP contribution < -0.4 is 0 Å². The van der Waals surface area contributed by atoms with E-state index in [-0.39, 0.29) is 12.3 Å². The fraction of sp³-hybridized carbons (Fsp3) is 0.889. The minimum absolute atomic E-state index is 0.0160. The van der Waals surface area contributed by atoms with Crippen molar-refractivity contribution in [3.63, 3.8) is 0 Å². The first-order valence-corrected chi connectivity index (χ1v) is 4.77. The molecule has 0 aliphatic heterocycles. The highest BCUT2D eigenvalue weighted by Crippen LogP contribution is 2.35. The third kappa shape index (κ3) is 6.38. The van der Waals surface area contributed by atoms with Gasteiger partial charge < -0.3 is 4.74 Å². The van der Waals surface area contributed by atoms with E-state index in [1.54, 1.807) is 13.8 Å². The van der Waals surface area contributed by atoms with Crippen LogP contribution in [0.2, 0.25) is 0 Å². The van der Waals surface area contributed by atoms with E-state index in [1.165, 1.54) is 0 Å². The molecule has 0 fully saturated rings. The van der Waals surface area contributed by atoms with E-state index in [4.69, 9.17) is 0 Å². The Morgan fingerprint density at radius 2 is 1.47 bits per heavy atom. The van der Waals surface area contributed by atoms with Crippen LogP contribution in [0.5, 0.6) is 0 Å².